The van der Waals surface area contributed by atoms with Gasteiger partial charge in [-0.3, -0.25) is 4.79 Å². The van der Waals surface area contributed by atoms with Gasteiger partial charge in [-0.15, -0.1) is 32.9 Å². The third kappa shape index (κ3) is 5.37. The lowest BCUT2D eigenvalue weighted by Gasteiger charge is -2.09. The summed E-state index contributed by atoms with van der Waals surface area (Å²) < 4.78 is 2.14. The van der Waals surface area contributed by atoms with E-state index in [0.717, 1.165) is 47.2 Å². The van der Waals surface area contributed by atoms with Gasteiger partial charge in [-0.1, -0.05) is 55.4 Å². The minimum atomic E-state index is -0.0990. The number of amides is 1. The van der Waals surface area contributed by atoms with Crippen molar-refractivity contribution < 1.29 is 4.79 Å². The highest BCUT2D eigenvalue weighted by Gasteiger charge is 2.19. The van der Waals surface area contributed by atoms with Crippen LogP contribution in [-0.2, 0) is 17.8 Å². The second kappa shape index (κ2) is 10.6. The SMILES string of the molecule is CCCn1c(SCC(=O)Nc2nc(-c3ccc(C)cc3)cs2)nnc1-c1csc(C)c1CC. The maximum absolute atomic E-state index is 12.6. The minimum Gasteiger partial charge on any atom is -0.302 e. The molecule has 0 atom stereocenters. The number of rotatable bonds is 9. The number of nitrogens with one attached hydrogen (secondary N) is 1. The Hall–Kier alpha value is -2.49. The first kappa shape index (κ1) is 23.7. The number of thioether (sulfide) groups is 1. The van der Waals surface area contributed by atoms with Crippen molar-refractivity contribution in [1.82, 2.24) is 19.7 Å². The third-order valence-corrected chi connectivity index (χ3v) is 7.97. The highest BCUT2D eigenvalue weighted by molar-refractivity contribution is 7.99. The van der Waals surface area contributed by atoms with E-state index in [1.165, 1.54) is 39.1 Å². The maximum atomic E-state index is 12.6. The molecule has 172 valence electrons. The number of benzene rings is 1. The van der Waals surface area contributed by atoms with Gasteiger partial charge < -0.3 is 9.88 Å². The van der Waals surface area contributed by atoms with Crippen molar-refractivity contribution in [1.29, 1.82) is 0 Å². The molecule has 1 aromatic carbocycles. The molecule has 1 amide bonds. The average Bonchev–Trinajstić information content (AvgIpc) is 3.52. The van der Waals surface area contributed by atoms with Crippen LogP contribution in [0, 0.1) is 13.8 Å². The molecule has 9 heteroatoms. The van der Waals surface area contributed by atoms with Crippen molar-refractivity contribution in [3.05, 3.63) is 51.0 Å². The number of anilines is 1. The quantitative estimate of drug-likeness (QED) is 0.269. The van der Waals surface area contributed by atoms with E-state index in [4.69, 9.17) is 0 Å². The highest BCUT2D eigenvalue weighted by atomic mass is 32.2. The lowest BCUT2D eigenvalue weighted by molar-refractivity contribution is -0.113. The van der Waals surface area contributed by atoms with E-state index in [1.807, 2.05) is 17.5 Å². The molecular weight excluding hydrogens is 470 g/mol. The molecule has 3 aromatic heterocycles. The lowest BCUT2D eigenvalue weighted by Crippen LogP contribution is -2.14. The molecule has 4 aromatic rings. The molecule has 1 N–H and O–H groups in total. The van der Waals surface area contributed by atoms with Crippen molar-refractivity contribution in [2.45, 2.75) is 52.2 Å². The van der Waals surface area contributed by atoms with Crippen molar-refractivity contribution in [2.24, 2.45) is 0 Å². The lowest BCUT2D eigenvalue weighted by atomic mass is 10.1. The van der Waals surface area contributed by atoms with Gasteiger partial charge in [0.2, 0.25) is 5.91 Å². The van der Waals surface area contributed by atoms with E-state index in [9.17, 15) is 4.79 Å². The highest BCUT2D eigenvalue weighted by Crippen LogP contribution is 2.33. The van der Waals surface area contributed by atoms with Gasteiger partial charge in [-0.05, 0) is 32.3 Å². The second-order valence-corrected chi connectivity index (χ2v) is 10.6. The van der Waals surface area contributed by atoms with Crippen LogP contribution in [0.1, 0.15) is 36.3 Å². The summed E-state index contributed by atoms with van der Waals surface area (Å²) in [7, 11) is 0. The molecule has 0 saturated heterocycles. The summed E-state index contributed by atoms with van der Waals surface area (Å²) in [6.45, 7) is 9.33. The molecule has 0 saturated carbocycles. The van der Waals surface area contributed by atoms with Gasteiger partial charge in [-0.2, -0.15) is 0 Å². The predicted molar refractivity (Wildman–Crippen MR) is 139 cm³/mol. The number of hydrogen-bond acceptors (Lipinski definition) is 7. The van der Waals surface area contributed by atoms with E-state index < -0.39 is 0 Å². The number of aromatic nitrogens is 4. The summed E-state index contributed by atoms with van der Waals surface area (Å²) in [5, 5.41) is 17.3. The van der Waals surface area contributed by atoms with Gasteiger partial charge in [0, 0.05) is 33.3 Å². The summed E-state index contributed by atoms with van der Waals surface area (Å²) in [6.07, 6.45) is 1.93. The normalized spacial score (nSPS) is 11.2. The van der Waals surface area contributed by atoms with Gasteiger partial charge in [0.1, 0.15) is 0 Å². The number of thiazole rings is 1. The van der Waals surface area contributed by atoms with Crippen LogP contribution in [0.3, 0.4) is 0 Å². The zero-order valence-electron chi connectivity index (χ0n) is 19.2. The molecular formula is C24H27N5OS3. The van der Waals surface area contributed by atoms with E-state index in [1.54, 1.807) is 11.3 Å². The standard InChI is InChI=1S/C24H27N5OS3/c1-5-11-29-22(19-12-31-16(4)18(19)6-2)27-28-24(29)33-14-21(30)26-23-25-20(13-32-23)17-9-7-15(3)8-10-17/h7-10,12-13H,5-6,11,14H2,1-4H3,(H,25,26,30). The predicted octanol–water partition coefficient (Wildman–Crippen LogP) is 6.45. The molecule has 33 heavy (non-hydrogen) atoms. The smallest absolute Gasteiger partial charge is 0.236 e. The fraction of sp³-hybridized carbons (Fsp3) is 0.333. The van der Waals surface area contributed by atoms with Crippen molar-refractivity contribution in [3.63, 3.8) is 0 Å². The van der Waals surface area contributed by atoms with Gasteiger partial charge in [-0.25, -0.2) is 4.98 Å². The van der Waals surface area contributed by atoms with E-state index >= 15 is 0 Å². The van der Waals surface area contributed by atoms with Crippen LogP contribution in [0.5, 0.6) is 0 Å². The van der Waals surface area contributed by atoms with E-state index in [2.05, 4.69) is 70.3 Å². The molecule has 0 unspecified atom stereocenters. The van der Waals surface area contributed by atoms with E-state index in [-0.39, 0.29) is 11.7 Å². The number of thiophene rings is 1. The molecule has 6 nitrogen and oxygen atoms in total. The molecule has 4 rings (SSSR count). The second-order valence-electron chi connectivity index (χ2n) is 7.74. The molecule has 0 spiro atoms. The zero-order chi connectivity index (χ0) is 23.4. The minimum absolute atomic E-state index is 0.0990. The van der Waals surface area contributed by atoms with Gasteiger partial charge in [0.05, 0.1) is 11.4 Å². The Labute approximate surface area is 206 Å². The fourth-order valence-electron chi connectivity index (χ4n) is 3.60. The number of carbonyl (C=O) groups is 1. The maximum Gasteiger partial charge on any atom is 0.236 e. The summed E-state index contributed by atoms with van der Waals surface area (Å²) in [5.74, 6) is 1.05. The van der Waals surface area contributed by atoms with Crippen molar-refractivity contribution in [2.75, 3.05) is 11.1 Å². The Morgan fingerprint density at radius 3 is 2.61 bits per heavy atom. The van der Waals surface area contributed by atoms with Crippen LogP contribution in [0.15, 0.2) is 40.2 Å². The summed E-state index contributed by atoms with van der Waals surface area (Å²) >= 11 is 4.59. The number of aryl methyl sites for hydroxylation is 2. The molecule has 0 aliphatic carbocycles. The number of nitrogens with zero attached hydrogens (tertiary/aromatic N) is 4. The topological polar surface area (TPSA) is 72.7 Å². The first-order valence-electron chi connectivity index (χ1n) is 11.0. The van der Waals surface area contributed by atoms with Gasteiger partial charge in [0.25, 0.3) is 0 Å². The van der Waals surface area contributed by atoms with Crippen LogP contribution >= 0.6 is 34.4 Å². The Balaban J connectivity index is 1.43. The average molecular weight is 498 g/mol. The zero-order valence-corrected chi connectivity index (χ0v) is 21.7. The molecule has 0 bridgehead atoms. The fourth-order valence-corrected chi connectivity index (χ4v) is 6.04. The Kier molecular flexibility index (Phi) is 7.62. The Morgan fingerprint density at radius 2 is 1.88 bits per heavy atom. The van der Waals surface area contributed by atoms with Gasteiger partial charge in [0.15, 0.2) is 16.1 Å². The monoisotopic (exact) mass is 497 g/mol. The summed E-state index contributed by atoms with van der Waals surface area (Å²) in [4.78, 5) is 18.5. The van der Waals surface area contributed by atoms with Crippen LogP contribution in [0.4, 0.5) is 5.13 Å². The molecule has 0 radical (unpaired) electrons. The summed E-state index contributed by atoms with van der Waals surface area (Å²) in [6, 6.07) is 8.21. The van der Waals surface area contributed by atoms with Crippen LogP contribution in [-0.4, -0.2) is 31.4 Å². The Morgan fingerprint density at radius 1 is 1.09 bits per heavy atom. The molecule has 0 aliphatic rings. The number of hydrogen-bond donors (Lipinski definition) is 1. The first-order valence-corrected chi connectivity index (χ1v) is 13.7. The molecule has 0 fully saturated rings. The van der Waals surface area contributed by atoms with Crippen LogP contribution < -0.4 is 5.32 Å². The first-order chi connectivity index (χ1) is 16.0. The largest absolute Gasteiger partial charge is 0.302 e. The van der Waals surface area contributed by atoms with Crippen molar-refractivity contribution in [3.8, 4) is 22.6 Å². The van der Waals surface area contributed by atoms with Crippen LogP contribution in [0.25, 0.3) is 22.6 Å². The van der Waals surface area contributed by atoms with Gasteiger partial charge >= 0.3 is 0 Å². The molecule has 3 heterocycles. The van der Waals surface area contributed by atoms with Crippen molar-refractivity contribution >= 4 is 45.5 Å². The Bertz CT molecular complexity index is 1240. The number of carbonyl (C=O) groups excluding carboxylic acids is 1. The summed E-state index contributed by atoms with van der Waals surface area (Å²) in [5.41, 5.74) is 5.60. The third-order valence-electron chi connectivity index (χ3n) is 5.29. The molecule has 0 aliphatic heterocycles. The van der Waals surface area contributed by atoms with E-state index in [0.29, 0.717) is 5.13 Å². The van der Waals surface area contributed by atoms with Crippen LogP contribution in [0.2, 0.25) is 0 Å².